The van der Waals surface area contributed by atoms with Crippen LogP contribution in [0.2, 0.25) is 0 Å². The van der Waals surface area contributed by atoms with Gasteiger partial charge in [0.1, 0.15) is 11.5 Å². The minimum absolute atomic E-state index is 0. The largest absolute Gasteiger partial charge is 0.495 e. The number of anilines is 2. The van der Waals surface area contributed by atoms with Crippen molar-refractivity contribution in [3.63, 3.8) is 0 Å². The van der Waals surface area contributed by atoms with Crippen LogP contribution in [0, 0.1) is 0 Å². The Morgan fingerprint density at radius 3 is 2.48 bits per heavy atom. The lowest BCUT2D eigenvalue weighted by molar-refractivity contribution is -0.0498. The van der Waals surface area contributed by atoms with Crippen LogP contribution < -0.4 is 24.0 Å². The lowest BCUT2D eigenvalue weighted by atomic mass is 10.2. The smallest absolute Gasteiger partial charge is 0.387 e. The molecule has 31 heavy (non-hydrogen) atoms. The first-order valence-corrected chi connectivity index (χ1v) is 11.0. The normalized spacial score (nSPS) is 14.2. The summed E-state index contributed by atoms with van der Waals surface area (Å²) in [6.45, 7) is 1.84. The van der Waals surface area contributed by atoms with E-state index >= 15 is 0 Å². The highest BCUT2D eigenvalue weighted by molar-refractivity contribution is 7.92. The van der Waals surface area contributed by atoms with E-state index in [1.165, 1.54) is 24.3 Å². The van der Waals surface area contributed by atoms with Crippen molar-refractivity contribution < 1.29 is 26.7 Å². The van der Waals surface area contributed by atoms with Crippen LogP contribution in [0.1, 0.15) is 6.92 Å². The van der Waals surface area contributed by atoms with Crippen LogP contribution >= 0.6 is 12.4 Å². The second-order valence-electron chi connectivity index (χ2n) is 6.62. The highest BCUT2D eigenvalue weighted by atomic mass is 35.5. The molecule has 1 aliphatic heterocycles. The SMILES string of the molecule is CCN(c1cccc(OC(F)F)c1)S(=O)(=O)c1ccc(OC)c(N2CCNCC2)c1.Cl. The molecule has 7 nitrogen and oxygen atoms in total. The molecule has 172 valence electrons. The van der Waals surface area contributed by atoms with Gasteiger partial charge in [-0.2, -0.15) is 8.78 Å². The molecule has 0 radical (unpaired) electrons. The summed E-state index contributed by atoms with van der Waals surface area (Å²) in [5, 5.41) is 3.26. The first kappa shape index (κ1) is 25.0. The summed E-state index contributed by atoms with van der Waals surface area (Å²) in [4.78, 5) is 2.17. The maximum absolute atomic E-state index is 13.4. The number of piperazine rings is 1. The number of halogens is 3. The van der Waals surface area contributed by atoms with Gasteiger partial charge in [0.2, 0.25) is 0 Å². The third-order valence-electron chi connectivity index (χ3n) is 4.81. The van der Waals surface area contributed by atoms with Crippen LogP contribution in [0.25, 0.3) is 0 Å². The van der Waals surface area contributed by atoms with Gasteiger partial charge in [0.05, 0.1) is 23.4 Å². The number of nitrogens with one attached hydrogen (secondary N) is 1. The van der Waals surface area contributed by atoms with Crippen molar-refractivity contribution in [2.24, 2.45) is 0 Å². The summed E-state index contributed by atoms with van der Waals surface area (Å²) in [6, 6.07) is 10.4. The Labute approximate surface area is 187 Å². The number of rotatable bonds is 8. The molecule has 1 fully saturated rings. The molecule has 2 aromatic carbocycles. The maximum Gasteiger partial charge on any atom is 0.387 e. The van der Waals surface area contributed by atoms with Gasteiger partial charge in [-0.25, -0.2) is 8.42 Å². The van der Waals surface area contributed by atoms with Crippen molar-refractivity contribution in [1.82, 2.24) is 5.32 Å². The Morgan fingerprint density at radius 1 is 1.16 bits per heavy atom. The molecule has 0 amide bonds. The van der Waals surface area contributed by atoms with Crippen LogP contribution in [0.3, 0.4) is 0 Å². The Bertz CT molecular complexity index is 973. The summed E-state index contributed by atoms with van der Waals surface area (Å²) < 4.78 is 62.9. The molecule has 3 rings (SSSR count). The fourth-order valence-electron chi connectivity index (χ4n) is 3.42. The van der Waals surface area contributed by atoms with Gasteiger partial charge in [-0.1, -0.05) is 6.07 Å². The monoisotopic (exact) mass is 477 g/mol. The van der Waals surface area contributed by atoms with Crippen molar-refractivity contribution in [3.8, 4) is 11.5 Å². The van der Waals surface area contributed by atoms with Crippen molar-refractivity contribution in [3.05, 3.63) is 42.5 Å². The van der Waals surface area contributed by atoms with E-state index in [1.54, 1.807) is 32.2 Å². The highest BCUT2D eigenvalue weighted by Gasteiger charge is 2.26. The van der Waals surface area contributed by atoms with Crippen molar-refractivity contribution in [2.45, 2.75) is 18.4 Å². The summed E-state index contributed by atoms with van der Waals surface area (Å²) >= 11 is 0. The topological polar surface area (TPSA) is 71.1 Å². The van der Waals surface area contributed by atoms with E-state index in [1.807, 2.05) is 0 Å². The zero-order valence-corrected chi connectivity index (χ0v) is 18.9. The van der Waals surface area contributed by atoms with E-state index in [9.17, 15) is 17.2 Å². The first-order valence-electron chi connectivity index (χ1n) is 9.58. The first-order chi connectivity index (χ1) is 14.4. The van der Waals surface area contributed by atoms with Crippen LogP contribution in [0.15, 0.2) is 47.4 Å². The summed E-state index contributed by atoms with van der Waals surface area (Å²) in [7, 11) is -2.40. The molecule has 1 N–H and O–H groups in total. The predicted molar refractivity (Wildman–Crippen MR) is 119 cm³/mol. The number of alkyl halides is 2. The molecule has 0 saturated carbocycles. The number of nitrogens with zero attached hydrogens (tertiary/aromatic N) is 2. The van der Waals surface area contributed by atoms with Gasteiger partial charge in [0.25, 0.3) is 10.0 Å². The molecule has 1 heterocycles. The molecule has 0 unspecified atom stereocenters. The number of hydrogen-bond donors (Lipinski definition) is 1. The Balaban J connectivity index is 0.00000341. The van der Waals surface area contributed by atoms with E-state index in [4.69, 9.17) is 4.74 Å². The average Bonchev–Trinajstić information content (AvgIpc) is 2.74. The minimum Gasteiger partial charge on any atom is -0.495 e. The van der Waals surface area contributed by atoms with E-state index in [0.717, 1.165) is 30.5 Å². The fourth-order valence-corrected chi connectivity index (χ4v) is 4.90. The van der Waals surface area contributed by atoms with E-state index in [2.05, 4.69) is 15.0 Å². The molecular weight excluding hydrogens is 452 g/mol. The van der Waals surface area contributed by atoms with Gasteiger partial charge >= 0.3 is 6.61 Å². The molecule has 1 aliphatic rings. The molecule has 0 atom stereocenters. The number of hydrogen-bond acceptors (Lipinski definition) is 6. The Morgan fingerprint density at radius 2 is 1.87 bits per heavy atom. The quantitative estimate of drug-likeness (QED) is 0.628. The van der Waals surface area contributed by atoms with Gasteiger partial charge in [0.15, 0.2) is 0 Å². The zero-order valence-electron chi connectivity index (χ0n) is 17.3. The minimum atomic E-state index is -3.94. The predicted octanol–water partition coefficient (Wildman–Crippen LogP) is 3.34. The molecule has 2 aromatic rings. The van der Waals surface area contributed by atoms with Gasteiger partial charge in [-0.3, -0.25) is 4.31 Å². The second-order valence-corrected chi connectivity index (χ2v) is 8.48. The Kier molecular flexibility index (Phi) is 8.72. The molecular formula is C20H26ClF2N3O4S. The zero-order chi connectivity index (χ0) is 21.7. The third kappa shape index (κ3) is 5.69. The molecule has 0 aliphatic carbocycles. The molecule has 0 bridgehead atoms. The maximum atomic E-state index is 13.4. The third-order valence-corrected chi connectivity index (χ3v) is 6.71. The van der Waals surface area contributed by atoms with Gasteiger partial charge in [-0.05, 0) is 37.3 Å². The van der Waals surface area contributed by atoms with E-state index < -0.39 is 16.6 Å². The summed E-state index contributed by atoms with van der Waals surface area (Å²) in [6.07, 6.45) is 0. The standard InChI is InChI=1S/C20H25F2N3O4S.ClH/c1-3-25(15-5-4-6-16(13-15)29-20(21)22)30(26,27)17-7-8-19(28-2)18(14-17)24-11-9-23-10-12-24;/h4-8,13-14,20,23H,3,9-12H2,1-2H3;1H. The fraction of sp³-hybridized carbons (Fsp3) is 0.400. The van der Waals surface area contributed by atoms with Crippen LogP contribution in [-0.4, -0.2) is 54.9 Å². The van der Waals surface area contributed by atoms with Crippen LogP contribution in [0.5, 0.6) is 11.5 Å². The van der Waals surface area contributed by atoms with Gasteiger partial charge in [-0.15, -0.1) is 12.4 Å². The molecule has 11 heteroatoms. The van der Waals surface area contributed by atoms with Crippen molar-refractivity contribution in [2.75, 3.05) is 49.0 Å². The van der Waals surface area contributed by atoms with Crippen LogP contribution in [0.4, 0.5) is 20.2 Å². The average molecular weight is 478 g/mol. The van der Waals surface area contributed by atoms with Gasteiger partial charge in [0, 0.05) is 38.8 Å². The van der Waals surface area contributed by atoms with Crippen molar-refractivity contribution >= 4 is 33.8 Å². The number of benzene rings is 2. The number of ether oxygens (including phenoxy) is 2. The summed E-state index contributed by atoms with van der Waals surface area (Å²) in [5.41, 5.74) is 0.945. The molecule has 1 saturated heterocycles. The molecule has 0 aromatic heterocycles. The summed E-state index contributed by atoms with van der Waals surface area (Å²) in [5.74, 6) is 0.485. The van der Waals surface area contributed by atoms with Crippen molar-refractivity contribution in [1.29, 1.82) is 0 Å². The lowest BCUT2D eigenvalue weighted by Gasteiger charge is -2.31. The Hall–Kier alpha value is -2.30. The number of sulfonamides is 1. The number of methoxy groups -OCH3 is 1. The molecule has 0 spiro atoms. The lowest BCUT2D eigenvalue weighted by Crippen LogP contribution is -2.43. The van der Waals surface area contributed by atoms with E-state index in [0.29, 0.717) is 11.4 Å². The second kappa shape index (κ2) is 10.8. The van der Waals surface area contributed by atoms with Crippen LogP contribution in [-0.2, 0) is 10.0 Å². The van der Waals surface area contributed by atoms with E-state index in [-0.39, 0.29) is 35.3 Å². The van der Waals surface area contributed by atoms with Gasteiger partial charge < -0.3 is 19.7 Å². The highest BCUT2D eigenvalue weighted by Crippen LogP contribution is 2.34.